The minimum atomic E-state index is -3.78. The second-order valence-electron chi connectivity index (χ2n) is 3.04. The summed E-state index contributed by atoms with van der Waals surface area (Å²) >= 11 is 0. The van der Waals surface area contributed by atoms with Crippen LogP contribution in [0.3, 0.4) is 0 Å². The lowest BCUT2D eigenvalue weighted by molar-refractivity contribution is 0.271. The molecular formula is C12H17O3P. The van der Waals surface area contributed by atoms with Gasteiger partial charge in [0.2, 0.25) is 0 Å². The quantitative estimate of drug-likeness (QED) is 0.336. The van der Waals surface area contributed by atoms with E-state index in [0.717, 1.165) is 0 Å². The summed E-state index contributed by atoms with van der Waals surface area (Å²) in [6.07, 6.45) is 1.33. The van der Waals surface area contributed by atoms with Crippen LogP contribution in [0.4, 0.5) is 0 Å². The van der Waals surface area contributed by atoms with Gasteiger partial charge in [0.1, 0.15) is 5.66 Å². The molecule has 2 unspecified atom stereocenters. The zero-order valence-electron chi connectivity index (χ0n) is 9.69. The van der Waals surface area contributed by atoms with Gasteiger partial charge in [-0.3, -0.25) is 4.57 Å². The molecule has 0 rings (SSSR count). The van der Waals surface area contributed by atoms with Crippen molar-refractivity contribution < 1.29 is 14.0 Å². The monoisotopic (exact) mass is 240 g/mol. The fourth-order valence-corrected chi connectivity index (χ4v) is 2.49. The van der Waals surface area contributed by atoms with Gasteiger partial charge in [-0.2, -0.15) is 0 Å². The molecule has 0 aromatic rings. The molecule has 0 aliphatic rings. The fraction of sp³-hybridized carbons (Fsp3) is 0.333. The van der Waals surface area contributed by atoms with Crippen molar-refractivity contribution >= 4 is 7.60 Å². The number of allylic oxidation sites excluding steroid dienone is 3. The van der Waals surface area contributed by atoms with E-state index in [1.165, 1.54) is 6.08 Å². The summed E-state index contributed by atoms with van der Waals surface area (Å²) in [7, 11) is -3.78. The molecule has 0 aromatic heterocycles. The molecule has 1 N–H and O–H groups in total. The minimum absolute atomic E-state index is 0.150. The third-order valence-electron chi connectivity index (χ3n) is 1.91. The van der Waals surface area contributed by atoms with Crippen LogP contribution in [-0.4, -0.2) is 17.2 Å². The lowest BCUT2D eigenvalue weighted by Gasteiger charge is -2.20. The Hall–Kier alpha value is -1.07. The van der Waals surface area contributed by atoms with Crippen molar-refractivity contribution in [1.82, 2.24) is 0 Å². The topological polar surface area (TPSA) is 46.5 Å². The van der Waals surface area contributed by atoms with Crippen LogP contribution < -0.4 is 0 Å². The maximum atomic E-state index is 11.8. The van der Waals surface area contributed by atoms with E-state index in [4.69, 9.17) is 4.52 Å². The van der Waals surface area contributed by atoms with Gasteiger partial charge < -0.3 is 9.42 Å². The fourth-order valence-electron chi connectivity index (χ4n) is 1.15. The van der Waals surface area contributed by atoms with Crippen LogP contribution in [0.15, 0.2) is 37.0 Å². The van der Waals surface area contributed by atoms with Crippen molar-refractivity contribution in [1.29, 1.82) is 0 Å². The molecule has 0 saturated heterocycles. The molecule has 0 radical (unpaired) electrons. The molecule has 3 nitrogen and oxygen atoms in total. The Kier molecular flexibility index (Phi) is 6.06. The van der Waals surface area contributed by atoms with Crippen LogP contribution >= 0.6 is 7.60 Å². The Morgan fingerprint density at radius 3 is 2.56 bits per heavy atom. The summed E-state index contributed by atoms with van der Waals surface area (Å²) in [5.41, 5.74) is -0.0780. The van der Waals surface area contributed by atoms with Crippen LogP contribution in [-0.2, 0) is 9.09 Å². The summed E-state index contributed by atoms with van der Waals surface area (Å²) in [6, 6.07) is 0. The van der Waals surface area contributed by atoms with Crippen molar-refractivity contribution in [3.63, 3.8) is 0 Å². The van der Waals surface area contributed by atoms with E-state index in [9.17, 15) is 9.46 Å². The zero-order valence-corrected chi connectivity index (χ0v) is 10.6. The average Bonchev–Trinajstić information content (AvgIpc) is 2.18. The lowest BCUT2D eigenvalue weighted by Crippen LogP contribution is -2.11. The van der Waals surface area contributed by atoms with Gasteiger partial charge >= 0.3 is 7.60 Å². The van der Waals surface area contributed by atoms with Gasteiger partial charge in [-0.15, -0.1) is 12.5 Å². The van der Waals surface area contributed by atoms with Gasteiger partial charge in [-0.1, -0.05) is 25.2 Å². The van der Waals surface area contributed by atoms with Gasteiger partial charge in [0.05, 0.1) is 6.61 Å². The Morgan fingerprint density at radius 2 is 2.19 bits per heavy atom. The van der Waals surface area contributed by atoms with Crippen LogP contribution in [0.25, 0.3) is 0 Å². The van der Waals surface area contributed by atoms with Gasteiger partial charge in [0.25, 0.3) is 0 Å². The number of hydrogen-bond donors (Lipinski definition) is 1. The molecular weight excluding hydrogens is 223 g/mol. The van der Waals surface area contributed by atoms with Crippen molar-refractivity contribution in [2.45, 2.75) is 19.5 Å². The first-order valence-corrected chi connectivity index (χ1v) is 6.45. The van der Waals surface area contributed by atoms with E-state index in [2.05, 4.69) is 31.6 Å². The molecule has 0 aliphatic heterocycles. The Bertz CT molecular complexity index is 398. The van der Waals surface area contributed by atoms with Crippen molar-refractivity contribution in [3.05, 3.63) is 37.0 Å². The van der Waals surface area contributed by atoms with Crippen LogP contribution in [0.2, 0.25) is 0 Å². The summed E-state index contributed by atoms with van der Waals surface area (Å²) in [4.78, 5) is 9.67. The molecule has 0 aromatic carbocycles. The summed E-state index contributed by atoms with van der Waals surface area (Å²) in [6.45, 7) is 14.3. The van der Waals surface area contributed by atoms with Crippen LogP contribution in [0, 0.1) is 11.8 Å². The van der Waals surface area contributed by atoms with Gasteiger partial charge in [-0.25, -0.2) is 0 Å². The summed E-state index contributed by atoms with van der Waals surface area (Å²) in [5.74, 6) is 5.35. The highest BCUT2D eigenvalue weighted by Crippen LogP contribution is 2.51. The first-order chi connectivity index (χ1) is 7.40. The first kappa shape index (κ1) is 14.9. The average molecular weight is 240 g/mol. The predicted molar refractivity (Wildman–Crippen MR) is 67.2 cm³/mol. The maximum absolute atomic E-state index is 11.8. The third-order valence-corrected chi connectivity index (χ3v) is 3.76. The van der Waals surface area contributed by atoms with Gasteiger partial charge in [0.15, 0.2) is 0 Å². The zero-order chi connectivity index (χ0) is 12.8. The van der Waals surface area contributed by atoms with E-state index in [0.29, 0.717) is 11.1 Å². The first-order valence-electron chi connectivity index (χ1n) is 4.81. The van der Waals surface area contributed by atoms with E-state index in [1.807, 2.05) is 0 Å². The molecule has 0 fully saturated rings. The molecule has 0 amide bonds. The molecule has 16 heavy (non-hydrogen) atoms. The summed E-state index contributed by atoms with van der Waals surface area (Å²) < 4.78 is 16.6. The van der Waals surface area contributed by atoms with E-state index in [-0.39, 0.29) is 6.61 Å². The largest absolute Gasteiger partial charge is 0.339 e. The molecule has 0 saturated carbocycles. The summed E-state index contributed by atoms with van der Waals surface area (Å²) in [5, 5.41) is 0. The number of rotatable bonds is 6. The molecule has 0 heterocycles. The van der Waals surface area contributed by atoms with E-state index < -0.39 is 13.3 Å². The SMILES string of the molecule is C=CC(C(=C)C(=C)C#CC)P(=O)(O)OCC. The Labute approximate surface area is 97.1 Å². The third kappa shape index (κ3) is 3.83. The predicted octanol–water partition coefficient (Wildman–Crippen LogP) is 2.90. The van der Waals surface area contributed by atoms with Crippen molar-refractivity contribution in [2.24, 2.45) is 0 Å². The molecule has 4 heteroatoms. The minimum Gasteiger partial charge on any atom is -0.324 e. The molecule has 0 aliphatic carbocycles. The lowest BCUT2D eigenvalue weighted by atomic mass is 10.1. The van der Waals surface area contributed by atoms with E-state index in [1.54, 1.807) is 13.8 Å². The molecule has 88 valence electrons. The normalized spacial score (nSPS) is 15.2. The van der Waals surface area contributed by atoms with E-state index >= 15 is 0 Å². The van der Waals surface area contributed by atoms with Crippen LogP contribution in [0.1, 0.15) is 13.8 Å². The van der Waals surface area contributed by atoms with Crippen LogP contribution in [0.5, 0.6) is 0 Å². The Balaban J connectivity index is 5.06. The molecule has 0 bridgehead atoms. The van der Waals surface area contributed by atoms with Gasteiger partial charge in [0, 0.05) is 5.57 Å². The smallest absolute Gasteiger partial charge is 0.324 e. The van der Waals surface area contributed by atoms with Crippen molar-refractivity contribution in [2.75, 3.05) is 6.61 Å². The highest BCUT2D eigenvalue weighted by atomic mass is 31.2. The second-order valence-corrected chi connectivity index (χ2v) is 4.98. The molecule has 2 atom stereocenters. The second kappa shape index (κ2) is 6.50. The maximum Gasteiger partial charge on any atom is 0.339 e. The standard InChI is InChI=1S/C12H17O3P/c1-6-9-10(4)11(5)12(7-2)16(13,14)15-8-3/h7,12H,2,4-5,8H2,1,3H3,(H,13,14). The highest BCUT2D eigenvalue weighted by Gasteiger charge is 2.32. The van der Waals surface area contributed by atoms with Gasteiger partial charge in [-0.05, 0) is 19.4 Å². The van der Waals surface area contributed by atoms with Crippen molar-refractivity contribution in [3.8, 4) is 11.8 Å². The number of hydrogen-bond acceptors (Lipinski definition) is 2. The molecule has 0 spiro atoms. The Morgan fingerprint density at radius 1 is 1.62 bits per heavy atom. The highest BCUT2D eigenvalue weighted by molar-refractivity contribution is 7.54.